The number of rotatable bonds is 6. The van der Waals surface area contributed by atoms with E-state index in [1.54, 1.807) is 12.1 Å². The van der Waals surface area contributed by atoms with Gasteiger partial charge in [-0.25, -0.2) is 4.39 Å². The Morgan fingerprint density at radius 1 is 1.29 bits per heavy atom. The maximum atomic E-state index is 14.1. The van der Waals surface area contributed by atoms with E-state index < -0.39 is 0 Å². The SMILES string of the molecule is CCNCc1c(C)nn(C)c1N(CC)c1ccccc1F. The van der Waals surface area contributed by atoms with Crippen molar-refractivity contribution < 1.29 is 4.39 Å². The summed E-state index contributed by atoms with van der Waals surface area (Å²) in [5.41, 5.74) is 2.67. The van der Waals surface area contributed by atoms with Gasteiger partial charge < -0.3 is 10.2 Å². The summed E-state index contributed by atoms with van der Waals surface area (Å²) < 4.78 is 16.0. The number of benzene rings is 1. The van der Waals surface area contributed by atoms with Gasteiger partial charge in [0, 0.05) is 25.7 Å². The largest absolute Gasteiger partial charge is 0.324 e. The van der Waals surface area contributed by atoms with Crippen LogP contribution in [0.15, 0.2) is 24.3 Å². The van der Waals surface area contributed by atoms with E-state index in [4.69, 9.17) is 0 Å². The molecule has 21 heavy (non-hydrogen) atoms. The Labute approximate surface area is 125 Å². The van der Waals surface area contributed by atoms with Gasteiger partial charge in [0.2, 0.25) is 0 Å². The third-order valence-electron chi connectivity index (χ3n) is 3.58. The summed E-state index contributed by atoms with van der Waals surface area (Å²) in [6.07, 6.45) is 0. The first kappa shape index (κ1) is 15.5. The van der Waals surface area contributed by atoms with Gasteiger partial charge in [0.05, 0.1) is 11.4 Å². The van der Waals surface area contributed by atoms with Crippen molar-refractivity contribution >= 4 is 11.5 Å². The van der Waals surface area contributed by atoms with Crippen LogP contribution in [0.4, 0.5) is 15.9 Å². The second-order valence-electron chi connectivity index (χ2n) is 4.99. The van der Waals surface area contributed by atoms with Crippen LogP contribution in [-0.4, -0.2) is 22.9 Å². The van der Waals surface area contributed by atoms with Crippen LogP contribution >= 0.6 is 0 Å². The molecule has 1 aromatic carbocycles. The van der Waals surface area contributed by atoms with E-state index in [2.05, 4.69) is 17.3 Å². The molecule has 2 rings (SSSR count). The molecule has 2 aromatic rings. The van der Waals surface area contributed by atoms with Crippen molar-refractivity contribution in [3.8, 4) is 0 Å². The van der Waals surface area contributed by atoms with Crippen molar-refractivity contribution in [1.82, 2.24) is 15.1 Å². The molecule has 0 unspecified atom stereocenters. The first-order chi connectivity index (χ1) is 10.1. The molecule has 0 saturated heterocycles. The van der Waals surface area contributed by atoms with Crippen molar-refractivity contribution in [2.75, 3.05) is 18.0 Å². The number of aromatic nitrogens is 2. The van der Waals surface area contributed by atoms with E-state index in [1.165, 1.54) is 6.07 Å². The highest BCUT2D eigenvalue weighted by Gasteiger charge is 2.21. The Bertz CT molecular complexity index is 606. The fourth-order valence-corrected chi connectivity index (χ4v) is 2.59. The topological polar surface area (TPSA) is 33.1 Å². The Morgan fingerprint density at radius 3 is 2.62 bits per heavy atom. The number of hydrogen-bond donors (Lipinski definition) is 1. The van der Waals surface area contributed by atoms with Gasteiger partial charge in [0.25, 0.3) is 0 Å². The molecule has 4 nitrogen and oxygen atoms in total. The van der Waals surface area contributed by atoms with Crippen LogP contribution in [0.2, 0.25) is 0 Å². The van der Waals surface area contributed by atoms with Gasteiger partial charge in [-0.1, -0.05) is 19.1 Å². The normalized spacial score (nSPS) is 10.9. The Morgan fingerprint density at radius 2 is 2.00 bits per heavy atom. The molecule has 0 aliphatic carbocycles. The highest BCUT2D eigenvalue weighted by Crippen LogP contribution is 2.31. The van der Waals surface area contributed by atoms with E-state index >= 15 is 0 Å². The van der Waals surface area contributed by atoms with Gasteiger partial charge in [-0.3, -0.25) is 4.68 Å². The zero-order valence-corrected chi connectivity index (χ0v) is 13.2. The quantitative estimate of drug-likeness (QED) is 0.887. The summed E-state index contributed by atoms with van der Waals surface area (Å²) in [6, 6.07) is 6.86. The molecule has 0 fully saturated rings. The van der Waals surface area contributed by atoms with E-state index in [-0.39, 0.29) is 5.82 Å². The number of nitrogens with zero attached hydrogens (tertiary/aromatic N) is 3. The molecule has 1 heterocycles. The Hall–Kier alpha value is -1.88. The third kappa shape index (κ3) is 3.08. The minimum absolute atomic E-state index is 0.215. The van der Waals surface area contributed by atoms with Crippen molar-refractivity contribution in [2.45, 2.75) is 27.3 Å². The Balaban J connectivity index is 2.50. The number of nitrogens with one attached hydrogen (secondary N) is 1. The molecule has 5 heteroatoms. The average molecular weight is 290 g/mol. The highest BCUT2D eigenvalue weighted by atomic mass is 19.1. The van der Waals surface area contributed by atoms with E-state index in [0.29, 0.717) is 12.2 Å². The smallest absolute Gasteiger partial charge is 0.146 e. The number of aryl methyl sites for hydroxylation is 2. The first-order valence-corrected chi connectivity index (χ1v) is 7.35. The Kier molecular flexibility index (Phi) is 4.96. The summed E-state index contributed by atoms with van der Waals surface area (Å²) in [4.78, 5) is 1.97. The van der Waals surface area contributed by atoms with Gasteiger partial charge in [0.1, 0.15) is 11.6 Å². The van der Waals surface area contributed by atoms with Crippen LogP contribution in [0.25, 0.3) is 0 Å². The molecule has 0 radical (unpaired) electrons. The molecule has 0 spiro atoms. The van der Waals surface area contributed by atoms with Crippen LogP contribution in [0, 0.1) is 12.7 Å². The van der Waals surface area contributed by atoms with Gasteiger partial charge >= 0.3 is 0 Å². The summed E-state index contributed by atoms with van der Waals surface area (Å²) in [5.74, 6) is 0.730. The third-order valence-corrected chi connectivity index (χ3v) is 3.58. The zero-order chi connectivity index (χ0) is 15.4. The van der Waals surface area contributed by atoms with Gasteiger partial charge in [-0.2, -0.15) is 5.10 Å². The van der Waals surface area contributed by atoms with Crippen molar-refractivity contribution in [2.24, 2.45) is 7.05 Å². The molecule has 0 amide bonds. The predicted molar refractivity (Wildman–Crippen MR) is 84.4 cm³/mol. The lowest BCUT2D eigenvalue weighted by atomic mass is 10.2. The predicted octanol–water partition coefficient (Wildman–Crippen LogP) is 3.14. The molecular formula is C16H23FN4. The van der Waals surface area contributed by atoms with Crippen LogP contribution in [-0.2, 0) is 13.6 Å². The van der Waals surface area contributed by atoms with Crippen molar-refractivity contribution in [3.63, 3.8) is 0 Å². The standard InChI is InChI=1S/C16H23FN4/c1-5-18-11-13-12(3)19-20(4)16(13)21(6-2)15-10-8-7-9-14(15)17/h7-10,18H,5-6,11H2,1-4H3. The molecule has 0 aliphatic rings. The molecule has 0 bridgehead atoms. The molecular weight excluding hydrogens is 267 g/mol. The van der Waals surface area contributed by atoms with Crippen molar-refractivity contribution in [3.05, 3.63) is 41.3 Å². The fourth-order valence-electron chi connectivity index (χ4n) is 2.59. The molecule has 114 valence electrons. The van der Waals surface area contributed by atoms with Crippen LogP contribution in [0.1, 0.15) is 25.1 Å². The lowest BCUT2D eigenvalue weighted by Gasteiger charge is -2.25. The molecule has 1 aromatic heterocycles. The molecule has 0 atom stereocenters. The van der Waals surface area contributed by atoms with E-state index in [0.717, 1.165) is 30.2 Å². The second kappa shape index (κ2) is 6.72. The van der Waals surface area contributed by atoms with Crippen molar-refractivity contribution in [1.29, 1.82) is 0 Å². The monoisotopic (exact) mass is 290 g/mol. The van der Waals surface area contributed by atoms with Crippen LogP contribution in [0.5, 0.6) is 0 Å². The average Bonchev–Trinajstić information content (AvgIpc) is 2.74. The molecule has 0 aliphatic heterocycles. The first-order valence-electron chi connectivity index (χ1n) is 7.35. The minimum Gasteiger partial charge on any atom is -0.324 e. The minimum atomic E-state index is -0.215. The number of para-hydroxylation sites is 1. The zero-order valence-electron chi connectivity index (χ0n) is 13.2. The lowest BCUT2D eigenvalue weighted by Crippen LogP contribution is -2.23. The van der Waals surface area contributed by atoms with Crippen LogP contribution in [0.3, 0.4) is 0 Å². The highest BCUT2D eigenvalue weighted by molar-refractivity contribution is 5.64. The number of halogens is 1. The number of anilines is 2. The fraction of sp³-hybridized carbons (Fsp3) is 0.438. The number of hydrogen-bond acceptors (Lipinski definition) is 3. The summed E-state index contributed by atoms with van der Waals surface area (Å²) in [6.45, 7) is 8.38. The van der Waals surface area contributed by atoms with Gasteiger partial charge in [-0.15, -0.1) is 0 Å². The van der Waals surface area contributed by atoms with Gasteiger partial charge in [-0.05, 0) is 32.5 Å². The molecule has 0 saturated carbocycles. The molecule has 1 N–H and O–H groups in total. The lowest BCUT2D eigenvalue weighted by molar-refractivity contribution is 0.622. The van der Waals surface area contributed by atoms with Crippen LogP contribution < -0.4 is 10.2 Å². The summed E-state index contributed by atoms with van der Waals surface area (Å²) in [5, 5.41) is 7.83. The van der Waals surface area contributed by atoms with E-state index in [9.17, 15) is 4.39 Å². The maximum Gasteiger partial charge on any atom is 0.146 e. The maximum absolute atomic E-state index is 14.1. The summed E-state index contributed by atoms with van der Waals surface area (Å²) in [7, 11) is 1.90. The second-order valence-corrected chi connectivity index (χ2v) is 4.99. The van der Waals surface area contributed by atoms with Gasteiger partial charge in [0.15, 0.2) is 0 Å². The summed E-state index contributed by atoms with van der Waals surface area (Å²) >= 11 is 0. The van der Waals surface area contributed by atoms with E-state index in [1.807, 2.05) is 36.5 Å².